The first-order valence-electron chi connectivity index (χ1n) is 9.49. The van der Waals surface area contributed by atoms with Gasteiger partial charge < -0.3 is 10.1 Å². The van der Waals surface area contributed by atoms with Gasteiger partial charge in [-0.1, -0.05) is 6.07 Å². The first-order chi connectivity index (χ1) is 15.6. The van der Waals surface area contributed by atoms with E-state index in [1.54, 1.807) is 24.2 Å². The van der Waals surface area contributed by atoms with Crippen molar-refractivity contribution in [3.8, 4) is 11.4 Å². The van der Waals surface area contributed by atoms with Gasteiger partial charge in [-0.2, -0.15) is 13.8 Å². The van der Waals surface area contributed by atoms with Crippen molar-refractivity contribution in [1.29, 1.82) is 0 Å². The molecule has 0 aliphatic carbocycles. The predicted molar refractivity (Wildman–Crippen MR) is 125 cm³/mol. The van der Waals surface area contributed by atoms with Gasteiger partial charge in [0.25, 0.3) is 0 Å². The molecule has 0 bridgehead atoms. The van der Waals surface area contributed by atoms with Gasteiger partial charge in [-0.05, 0) is 36.4 Å². The Morgan fingerprint density at radius 3 is 2.30 bits per heavy atom. The summed E-state index contributed by atoms with van der Waals surface area (Å²) < 4.78 is 55.1. The number of ether oxygens (including phenoxy) is 1. The molecule has 2 aromatic carbocycles. The summed E-state index contributed by atoms with van der Waals surface area (Å²) in [6.45, 7) is 0. The highest BCUT2D eigenvalue weighted by molar-refractivity contribution is 8.09. The maximum Gasteiger partial charge on any atom is 0.245 e. The monoisotopic (exact) mass is 488 g/mol. The van der Waals surface area contributed by atoms with Crippen LogP contribution in [0.25, 0.3) is 16.7 Å². The van der Waals surface area contributed by atoms with Gasteiger partial charge in [0.05, 0.1) is 42.6 Å². The predicted octanol–water partition coefficient (Wildman–Crippen LogP) is 2.29. The highest BCUT2D eigenvalue weighted by Crippen LogP contribution is 2.25. The summed E-state index contributed by atoms with van der Waals surface area (Å²) in [5.41, 5.74) is 1.86. The van der Waals surface area contributed by atoms with Crippen molar-refractivity contribution in [1.82, 2.24) is 19.7 Å². The van der Waals surface area contributed by atoms with Gasteiger partial charge >= 0.3 is 0 Å². The topological polar surface area (TPSA) is 136 Å². The third-order valence-corrected chi connectivity index (χ3v) is 7.79. The molecule has 0 saturated heterocycles. The van der Waals surface area contributed by atoms with E-state index in [9.17, 15) is 16.8 Å². The van der Waals surface area contributed by atoms with Crippen LogP contribution in [0.3, 0.4) is 0 Å². The second-order valence-corrected chi connectivity index (χ2v) is 11.0. The highest BCUT2D eigenvalue weighted by atomic mass is 32.3. The van der Waals surface area contributed by atoms with Crippen molar-refractivity contribution in [2.75, 3.05) is 28.6 Å². The van der Waals surface area contributed by atoms with Gasteiger partial charge in [-0.3, -0.25) is 0 Å². The molecule has 0 spiro atoms. The summed E-state index contributed by atoms with van der Waals surface area (Å²) in [7, 11) is -6.46. The number of fused-ring (bicyclic) bond motifs is 1. The molecule has 0 radical (unpaired) electrons. The Hall–Kier alpha value is -3.71. The molecule has 0 fully saturated rings. The number of methoxy groups -OCH3 is 1. The van der Waals surface area contributed by atoms with Crippen LogP contribution in [0.2, 0.25) is 0 Å². The molecular weight excluding hydrogens is 468 g/mol. The van der Waals surface area contributed by atoms with Crippen molar-refractivity contribution in [2.24, 2.45) is 0 Å². The smallest absolute Gasteiger partial charge is 0.245 e. The van der Waals surface area contributed by atoms with E-state index in [1.165, 1.54) is 24.3 Å². The Morgan fingerprint density at radius 1 is 0.970 bits per heavy atom. The fourth-order valence-electron chi connectivity index (χ4n) is 3.23. The quantitative estimate of drug-likeness (QED) is 0.415. The molecule has 4 rings (SSSR count). The average Bonchev–Trinajstić information content (AvgIpc) is 3.16. The summed E-state index contributed by atoms with van der Waals surface area (Å²) in [5, 5.41) is 8.14. The first-order valence-corrected chi connectivity index (χ1v) is 13.2. The maximum atomic E-state index is 11.9. The van der Waals surface area contributed by atoms with Crippen molar-refractivity contribution >= 4 is 48.4 Å². The number of sulfonamides is 2. The largest absolute Gasteiger partial charge is 0.497 e. The van der Waals surface area contributed by atoms with Gasteiger partial charge in [0, 0.05) is 18.0 Å². The van der Waals surface area contributed by atoms with Gasteiger partial charge in [0.1, 0.15) is 5.75 Å². The summed E-state index contributed by atoms with van der Waals surface area (Å²) >= 11 is 0. The van der Waals surface area contributed by atoms with Crippen molar-refractivity contribution in [3.05, 3.63) is 60.9 Å². The lowest BCUT2D eigenvalue weighted by Crippen LogP contribution is -2.35. The number of aromatic nitrogens is 4. The molecule has 0 amide bonds. The third-order valence-electron chi connectivity index (χ3n) is 4.54. The van der Waals surface area contributed by atoms with E-state index in [-0.39, 0.29) is 11.6 Å². The van der Waals surface area contributed by atoms with Gasteiger partial charge in [-0.15, -0.1) is 0 Å². The molecule has 0 aliphatic rings. The van der Waals surface area contributed by atoms with Gasteiger partial charge in [0.15, 0.2) is 5.65 Å². The van der Waals surface area contributed by atoms with E-state index in [0.29, 0.717) is 20.8 Å². The number of benzene rings is 2. The summed E-state index contributed by atoms with van der Waals surface area (Å²) in [6.07, 6.45) is 4.93. The molecule has 13 heteroatoms. The van der Waals surface area contributed by atoms with Crippen molar-refractivity contribution < 1.29 is 21.6 Å². The van der Waals surface area contributed by atoms with Crippen LogP contribution >= 0.6 is 0 Å². The standard InChI is InChI=1S/C20H20N6O5S2/c1-31-18-6-4-5-17(11-18)25-19-14(13-22-25)12-21-20(24-19)23-15-7-9-16(10-8-15)26(32(2,27)28)33(3,29)30/h4-13H,1-3H3,(H,21,23,24). The second kappa shape index (κ2) is 8.33. The number of anilines is 3. The van der Waals surface area contributed by atoms with E-state index >= 15 is 0 Å². The Kier molecular flexibility index (Phi) is 5.68. The minimum atomic E-state index is -4.02. The zero-order valence-corrected chi connectivity index (χ0v) is 19.5. The van der Waals surface area contributed by atoms with Crippen molar-refractivity contribution in [3.63, 3.8) is 0 Å². The Morgan fingerprint density at radius 2 is 1.67 bits per heavy atom. The van der Waals surface area contributed by atoms with Crippen LogP contribution in [0.15, 0.2) is 60.9 Å². The van der Waals surface area contributed by atoms with Crippen LogP contribution in [-0.2, 0) is 20.0 Å². The molecule has 2 heterocycles. The van der Waals surface area contributed by atoms with E-state index in [2.05, 4.69) is 20.4 Å². The average molecular weight is 489 g/mol. The lowest BCUT2D eigenvalue weighted by atomic mass is 10.3. The van der Waals surface area contributed by atoms with Crippen LogP contribution in [0, 0.1) is 0 Å². The number of nitrogens with zero attached hydrogens (tertiary/aromatic N) is 5. The molecule has 11 nitrogen and oxygen atoms in total. The zero-order chi connectivity index (χ0) is 23.8. The lowest BCUT2D eigenvalue weighted by molar-refractivity contribution is 0.414. The molecule has 0 unspecified atom stereocenters. The Balaban J connectivity index is 1.64. The minimum Gasteiger partial charge on any atom is -0.497 e. The van der Waals surface area contributed by atoms with E-state index in [0.717, 1.165) is 23.6 Å². The molecule has 0 atom stereocenters. The Labute approximate surface area is 190 Å². The first kappa shape index (κ1) is 22.5. The van der Waals surface area contributed by atoms with Crippen LogP contribution in [-0.4, -0.2) is 56.2 Å². The molecule has 2 aromatic heterocycles. The van der Waals surface area contributed by atoms with Crippen LogP contribution in [0.5, 0.6) is 5.75 Å². The van der Waals surface area contributed by atoms with Gasteiger partial charge in [0.2, 0.25) is 26.0 Å². The SMILES string of the molecule is COc1cccc(-n2ncc3cnc(Nc4ccc(N(S(C)(=O)=O)S(C)(=O)=O)cc4)nc32)c1. The minimum absolute atomic E-state index is 0.00183. The number of hydrogen-bond donors (Lipinski definition) is 1. The van der Waals surface area contributed by atoms with Crippen LogP contribution in [0.4, 0.5) is 17.3 Å². The number of nitrogens with one attached hydrogen (secondary N) is 1. The molecule has 33 heavy (non-hydrogen) atoms. The second-order valence-electron chi connectivity index (χ2n) is 7.13. The summed E-state index contributed by atoms with van der Waals surface area (Å²) in [4.78, 5) is 8.81. The van der Waals surface area contributed by atoms with Gasteiger partial charge in [-0.25, -0.2) is 26.5 Å². The molecule has 0 aliphatic heterocycles. The normalized spacial score (nSPS) is 12.0. The van der Waals surface area contributed by atoms with Crippen LogP contribution < -0.4 is 13.8 Å². The number of hydrogen-bond acceptors (Lipinski definition) is 9. The van der Waals surface area contributed by atoms with Crippen LogP contribution in [0.1, 0.15) is 0 Å². The fourth-order valence-corrected chi connectivity index (χ4v) is 6.21. The zero-order valence-electron chi connectivity index (χ0n) is 17.9. The highest BCUT2D eigenvalue weighted by Gasteiger charge is 2.27. The molecule has 0 saturated carbocycles. The van der Waals surface area contributed by atoms with E-state index in [4.69, 9.17) is 4.74 Å². The molecule has 4 aromatic rings. The summed E-state index contributed by atoms with van der Waals surface area (Å²) in [5.74, 6) is 0.962. The number of rotatable bonds is 7. The molecule has 172 valence electrons. The van der Waals surface area contributed by atoms with E-state index in [1.807, 2.05) is 24.3 Å². The third kappa shape index (κ3) is 4.73. The van der Waals surface area contributed by atoms with Crippen molar-refractivity contribution in [2.45, 2.75) is 0 Å². The fraction of sp³-hybridized carbons (Fsp3) is 0.150. The molecule has 1 N–H and O–H groups in total. The van der Waals surface area contributed by atoms with E-state index < -0.39 is 20.0 Å². The maximum absolute atomic E-state index is 11.9. The lowest BCUT2D eigenvalue weighted by Gasteiger charge is -2.19. The summed E-state index contributed by atoms with van der Waals surface area (Å²) in [6, 6.07) is 13.2. The Bertz CT molecular complexity index is 1500. The molecular formula is C20H20N6O5S2.